The molecule has 1 aromatic rings. The largest absolute Gasteiger partial charge is 0.468 e. The Morgan fingerprint density at radius 2 is 2.13 bits per heavy atom. The van der Waals surface area contributed by atoms with Crippen molar-refractivity contribution in [2.45, 2.75) is 24.3 Å². The number of rotatable bonds is 2. The number of likely N-dealkylation sites (tertiary alicyclic amines) is 1. The van der Waals surface area contributed by atoms with Crippen LogP contribution in [-0.4, -0.2) is 52.1 Å². The van der Waals surface area contributed by atoms with E-state index in [-0.39, 0.29) is 6.61 Å². The maximum atomic E-state index is 9.84. The Labute approximate surface area is 87.6 Å². The van der Waals surface area contributed by atoms with E-state index in [4.69, 9.17) is 9.52 Å². The minimum absolute atomic E-state index is 0.189. The van der Waals surface area contributed by atoms with Crippen molar-refractivity contribution in [3.8, 4) is 0 Å². The molecule has 0 unspecified atom stereocenters. The van der Waals surface area contributed by atoms with Gasteiger partial charge in [-0.2, -0.15) is 0 Å². The van der Waals surface area contributed by atoms with Crippen LogP contribution in [0.2, 0.25) is 0 Å². The fourth-order valence-corrected chi connectivity index (χ4v) is 2.17. The smallest absolute Gasteiger partial charge is 0.123 e. The summed E-state index contributed by atoms with van der Waals surface area (Å²) in [6.07, 6.45) is -0.359. The molecule has 5 heteroatoms. The molecule has 1 aliphatic heterocycles. The predicted octanol–water partition coefficient (Wildman–Crippen LogP) is -0.651. The fraction of sp³-hybridized carbons (Fsp3) is 0.600. The van der Waals surface area contributed by atoms with E-state index in [9.17, 15) is 10.2 Å². The molecule has 0 spiro atoms. The van der Waals surface area contributed by atoms with Crippen LogP contribution in [-0.2, 0) is 0 Å². The molecule has 15 heavy (non-hydrogen) atoms. The molecule has 3 N–H and O–H groups in total. The second-order valence-corrected chi connectivity index (χ2v) is 3.86. The zero-order valence-electron chi connectivity index (χ0n) is 8.45. The highest BCUT2D eigenvalue weighted by molar-refractivity contribution is 5.13. The molecule has 0 aromatic carbocycles. The van der Waals surface area contributed by atoms with Crippen molar-refractivity contribution >= 4 is 0 Å². The minimum atomic E-state index is -0.949. The summed E-state index contributed by atoms with van der Waals surface area (Å²) in [5, 5.41) is 28.6. The third kappa shape index (κ3) is 1.57. The average Bonchev–Trinajstić information content (AvgIpc) is 2.77. The van der Waals surface area contributed by atoms with Crippen LogP contribution in [0.4, 0.5) is 0 Å². The van der Waals surface area contributed by atoms with Gasteiger partial charge in [0.2, 0.25) is 0 Å². The minimum Gasteiger partial charge on any atom is -0.468 e. The van der Waals surface area contributed by atoms with Crippen LogP contribution in [0.15, 0.2) is 22.8 Å². The molecule has 2 heterocycles. The summed E-state index contributed by atoms with van der Waals surface area (Å²) < 4.78 is 5.20. The summed E-state index contributed by atoms with van der Waals surface area (Å²) in [5.41, 5.74) is 0. The van der Waals surface area contributed by atoms with Gasteiger partial charge in [-0.15, -0.1) is 0 Å². The molecule has 2 rings (SSSR count). The van der Waals surface area contributed by atoms with Crippen LogP contribution in [0.25, 0.3) is 0 Å². The predicted molar refractivity (Wildman–Crippen MR) is 52.1 cm³/mol. The van der Waals surface area contributed by atoms with Crippen molar-refractivity contribution < 1.29 is 19.7 Å². The van der Waals surface area contributed by atoms with Crippen molar-refractivity contribution in [3.05, 3.63) is 24.2 Å². The highest BCUT2D eigenvalue weighted by Crippen LogP contribution is 2.35. The van der Waals surface area contributed by atoms with Crippen LogP contribution >= 0.6 is 0 Å². The molecule has 5 nitrogen and oxygen atoms in total. The van der Waals surface area contributed by atoms with Gasteiger partial charge in [0.1, 0.15) is 11.9 Å². The number of hydrogen-bond donors (Lipinski definition) is 3. The molecular formula is C10H15NO4. The number of nitrogens with zero attached hydrogens (tertiary/aromatic N) is 1. The van der Waals surface area contributed by atoms with Gasteiger partial charge < -0.3 is 19.7 Å². The molecule has 4 atom stereocenters. The molecule has 0 radical (unpaired) electrons. The summed E-state index contributed by atoms with van der Waals surface area (Å²) >= 11 is 0. The number of hydrogen-bond acceptors (Lipinski definition) is 5. The van der Waals surface area contributed by atoms with Gasteiger partial charge >= 0.3 is 0 Å². The summed E-state index contributed by atoms with van der Waals surface area (Å²) in [6, 6.07) is 2.63. The first-order valence-corrected chi connectivity index (χ1v) is 4.89. The van der Waals surface area contributed by atoms with E-state index in [0.29, 0.717) is 5.76 Å². The Hall–Kier alpha value is -0.880. The maximum Gasteiger partial charge on any atom is 0.123 e. The van der Waals surface area contributed by atoms with E-state index in [1.165, 1.54) is 6.26 Å². The normalized spacial score (nSPS) is 37.3. The second kappa shape index (κ2) is 3.94. The van der Waals surface area contributed by atoms with Gasteiger partial charge in [0, 0.05) is 0 Å². The monoisotopic (exact) mass is 213 g/mol. The van der Waals surface area contributed by atoms with Crippen molar-refractivity contribution in [1.29, 1.82) is 0 Å². The van der Waals surface area contributed by atoms with Gasteiger partial charge in [-0.25, -0.2) is 0 Å². The zero-order chi connectivity index (χ0) is 11.0. The van der Waals surface area contributed by atoms with Crippen LogP contribution in [0, 0.1) is 0 Å². The van der Waals surface area contributed by atoms with Crippen molar-refractivity contribution in [2.75, 3.05) is 13.7 Å². The lowest BCUT2D eigenvalue weighted by molar-refractivity contribution is 0.0168. The standard InChI is InChI=1S/C10H15NO4/c1-11-6(5-12)9(13)10(14)8(11)7-3-2-4-15-7/h2-4,6,8-10,12-14H,5H2,1H3/t6-,8-,9-,10-/m0/s1. The molecule has 0 aliphatic carbocycles. The molecule has 0 saturated carbocycles. The first-order valence-electron chi connectivity index (χ1n) is 4.89. The first kappa shape index (κ1) is 10.6. The van der Waals surface area contributed by atoms with E-state index in [1.54, 1.807) is 24.1 Å². The van der Waals surface area contributed by atoms with Crippen molar-refractivity contribution in [1.82, 2.24) is 4.90 Å². The van der Waals surface area contributed by atoms with E-state index in [1.807, 2.05) is 0 Å². The van der Waals surface area contributed by atoms with Crippen LogP contribution in [0.3, 0.4) is 0 Å². The van der Waals surface area contributed by atoms with Gasteiger partial charge in [0.05, 0.1) is 31.1 Å². The Morgan fingerprint density at radius 1 is 1.40 bits per heavy atom. The number of aliphatic hydroxyl groups is 3. The topological polar surface area (TPSA) is 77.1 Å². The lowest BCUT2D eigenvalue weighted by Gasteiger charge is -2.23. The van der Waals surface area contributed by atoms with Crippen LogP contribution < -0.4 is 0 Å². The highest BCUT2D eigenvalue weighted by atomic mass is 16.4. The van der Waals surface area contributed by atoms with Crippen LogP contribution in [0.5, 0.6) is 0 Å². The number of likely N-dealkylation sites (N-methyl/N-ethyl adjacent to an activating group) is 1. The molecule has 0 amide bonds. The molecule has 84 valence electrons. The maximum absolute atomic E-state index is 9.84. The van der Waals surface area contributed by atoms with Gasteiger partial charge in [0.25, 0.3) is 0 Å². The van der Waals surface area contributed by atoms with E-state index >= 15 is 0 Å². The SMILES string of the molecule is CN1[C@@H](CO)[C@H](O)[C@@H](O)[C@@H]1c1ccco1. The summed E-state index contributed by atoms with van der Waals surface area (Å²) in [5.74, 6) is 0.597. The first-order chi connectivity index (χ1) is 7.16. The lowest BCUT2D eigenvalue weighted by atomic mass is 10.1. The third-order valence-corrected chi connectivity index (χ3v) is 3.05. The van der Waals surface area contributed by atoms with Crippen molar-refractivity contribution in [2.24, 2.45) is 0 Å². The summed E-state index contributed by atoms with van der Waals surface area (Å²) in [7, 11) is 1.74. The van der Waals surface area contributed by atoms with E-state index in [2.05, 4.69) is 0 Å². The van der Waals surface area contributed by atoms with E-state index < -0.39 is 24.3 Å². The van der Waals surface area contributed by atoms with Crippen molar-refractivity contribution in [3.63, 3.8) is 0 Å². The molecule has 1 aliphatic rings. The summed E-state index contributed by atoms with van der Waals surface area (Å²) in [4.78, 5) is 1.73. The average molecular weight is 213 g/mol. The Bertz CT molecular complexity index is 313. The van der Waals surface area contributed by atoms with Gasteiger partial charge in [-0.3, -0.25) is 4.90 Å². The zero-order valence-corrected chi connectivity index (χ0v) is 8.45. The number of furan rings is 1. The van der Waals surface area contributed by atoms with Gasteiger partial charge in [-0.05, 0) is 19.2 Å². The second-order valence-electron chi connectivity index (χ2n) is 3.86. The fourth-order valence-electron chi connectivity index (χ4n) is 2.17. The summed E-state index contributed by atoms with van der Waals surface area (Å²) in [6.45, 7) is -0.189. The lowest BCUT2D eigenvalue weighted by Crippen LogP contribution is -2.37. The Balaban J connectivity index is 2.26. The Morgan fingerprint density at radius 3 is 2.60 bits per heavy atom. The van der Waals surface area contributed by atoms with E-state index in [0.717, 1.165) is 0 Å². The van der Waals surface area contributed by atoms with Crippen LogP contribution in [0.1, 0.15) is 11.8 Å². The quantitative estimate of drug-likeness (QED) is 0.608. The molecular weight excluding hydrogens is 198 g/mol. The van der Waals surface area contributed by atoms with Gasteiger partial charge in [-0.1, -0.05) is 0 Å². The Kier molecular flexibility index (Phi) is 2.79. The van der Waals surface area contributed by atoms with Gasteiger partial charge in [0.15, 0.2) is 0 Å². The third-order valence-electron chi connectivity index (χ3n) is 3.05. The highest BCUT2D eigenvalue weighted by Gasteiger charge is 2.47. The number of aliphatic hydroxyl groups excluding tert-OH is 3. The molecule has 0 bridgehead atoms. The molecule has 1 fully saturated rings. The molecule has 1 saturated heterocycles. The molecule has 1 aromatic heterocycles.